The molecule has 1 aliphatic heterocycles. The Morgan fingerprint density at radius 2 is 1.77 bits per heavy atom. The number of para-hydroxylation sites is 2. The minimum Gasteiger partial charge on any atom is -0.339 e. The van der Waals surface area contributed by atoms with E-state index in [9.17, 15) is 4.79 Å². The minimum atomic E-state index is 0.136. The Morgan fingerprint density at radius 3 is 2.47 bits per heavy atom. The predicted molar refractivity (Wildman–Crippen MR) is 120 cm³/mol. The lowest BCUT2D eigenvalue weighted by Gasteiger charge is -2.43. The zero-order valence-corrected chi connectivity index (χ0v) is 17.7. The van der Waals surface area contributed by atoms with Crippen molar-refractivity contribution in [2.75, 3.05) is 20.1 Å². The molecule has 30 heavy (non-hydrogen) atoms. The highest BCUT2D eigenvalue weighted by Crippen LogP contribution is 2.28. The second-order valence-corrected chi connectivity index (χ2v) is 8.83. The van der Waals surface area contributed by atoms with Gasteiger partial charge in [-0.25, -0.2) is 4.98 Å². The molecule has 1 saturated carbocycles. The number of nitrogens with zero attached hydrogens (tertiary/aromatic N) is 4. The average molecular weight is 403 g/mol. The van der Waals surface area contributed by atoms with Crippen LogP contribution in [-0.2, 0) is 6.54 Å². The third-order valence-corrected chi connectivity index (χ3v) is 7.04. The number of likely N-dealkylation sites (tertiary alicyclic amines) is 1. The number of imidazole rings is 1. The fourth-order valence-electron chi connectivity index (χ4n) is 4.85. The SMILES string of the molecule is CN(C(=O)c1ccc(Cn2cnc3ccccc32)cc1)C1CCN(C2CCC2)CC1. The quantitative estimate of drug-likeness (QED) is 0.643. The van der Waals surface area contributed by atoms with Crippen LogP contribution in [-0.4, -0.2) is 57.5 Å². The lowest BCUT2D eigenvalue weighted by molar-refractivity contribution is 0.0499. The van der Waals surface area contributed by atoms with Crippen LogP contribution in [0, 0.1) is 0 Å². The van der Waals surface area contributed by atoms with Gasteiger partial charge in [-0.05, 0) is 55.5 Å². The maximum atomic E-state index is 13.0. The van der Waals surface area contributed by atoms with E-state index in [2.05, 4.69) is 32.7 Å². The van der Waals surface area contributed by atoms with E-state index < -0.39 is 0 Å². The molecular formula is C25H30N4O. The number of rotatable bonds is 5. The van der Waals surface area contributed by atoms with Gasteiger partial charge in [-0.3, -0.25) is 4.79 Å². The number of piperidine rings is 1. The summed E-state index contributed by atoms with van der Waals surface area (Å²) in [5.41, 5.74) is 4.09. The van der Waals surface area contributed by atoms with Gasteiger partial charge in [0.25, 0.3) is 5.91 Å². The van der Waals surface area contributed by atoms with Crippen LogP contribution < -0.4 is 0 Å². The van der Waals surface area contributed by atoms with Crippen molar-refractivity contribution in [3.05, 3.63) is 66.0 Å². The zero-order chi connectivity index (χ0) is 20.5. The van der Waals surface area contributed by atoms with Crippen molar-refractivity contribution >= 4 is 16.9 Å². The molecule has 156 valence electrons. The number of fused-ring (bicyclic) bond motifs is 1. The monoisotopic (exact) mass is 402 g/mol. The van der Waals surface area contributed by atoms with Gasteiger partial charge in [-0.2, -0.15) is 0 Å². The summed E-state index contributed by atoms with van der Waals surface area (Å²) in [6.07, 6.45) is 8.17. The van der Waals surface area contributed by atoms with Gasteiger partial charge < -0.3 is 14.4 Å². The van der Waals surface area contributed by atoms with E-state index in [1.165, 1.54) is 24.8 Å². The Hall–Kier alpha value is -2.66. The molecule has 0 bridgehead atoms. The van der Waals surface area contributed by atoms with Crippen LogP contribution in [0.2, 0.25) is 0 Å². The number of benzene rings is 2. The molecule has 3 aromatic rings. The highest BCUT2D eigenvalue weighted by atomic mass is 16.2. The first-order valence-corrected chi connectivity index (χ1v) is 11.2. The summed E-state index contributed by atoms with van der Waals surface area (Å²) < 4.78 is 2.15. The van der Waals surface area contributed by atoms with Crippen LogP contribution in [0.3, 0.4) is 0 Å². The maximum absolute atomic E-state index is 13.0. The van der Waals surface area contributed by atoms with E-state index in [0.29, 0.717) is 6.04 Å². The summed E-state index contributed by atoms with van der Waals surface area (Å²) in [4.78, 5) is 22.1. The highest BCUT2D eigenvalue weighted by Gasteiger charge is 2.31. The van der Waals surface area contributed by atoms with E-state index in [4.69, 9.17) is 0 Å². The van der Waals surface area contributed by atoms with E-state index >= 15 is 0 Å². The highest BCUT2D eigenvalue weighted by molar-refractivity contribution is 5.94. The largest absolute Gasteiger partial charge is 0.339 e. The van der Waals surface area contributed by atoms with Gasteiger partial charge in [-0.1, -0.05) is 30.7 Å². The van der Waals surface area contributed by atoms with Gasteiger partial charge in [0.05, 0.1) is 17.4 Å². The molecule has 2 aromatic carbocycles. The summed E-state index contributed by atoms with van der Waals surface area (Å²) in [7, 11) is 1.97. The van der Waals surface area contributed by atoms with E-state index in [0.717, 1.165) is 55.1 Å². The molecule has 0 atom stereocenters. The van der Waals surface area contributed by atoms with Crippen molar-refractivity contribution in [2.24, 2.45) is 0 Å². The van der Waals surface area contributed by atoms with Crippen LogP contribution in [0.4, 0.5) is 0 Å². The molecule has 2 fully saturated rings. The molecule has 0 spiro atoms. The van der Waals surface area contributed by atoms with Crippen molar-refractivity contribution in [1.82, 2.24) is 19.4 Å². The molecule has 2 aliphatic rings. The van der Waals surface area contributed by atoms with Crippen LogP contribution >= 0.6 is 0 Å². The molecule has 5 heteroatoms. The third kappa shape index (κ3) is 3.74. The Kier molecular flexibility index (Phi) is 5.30. The van der Waals surface area contributed by atoms with Gasteiger partial charge in [0.2, 0.25) is 0 Å². The van der Waals surface area contributed by atoms with Crippen LogP contribution in [0.1, 0.15) is 48.0 Å². The molecular weight excluding hydrogens is 372 g/mol. The molecule has 1 aromatic heterocycles. The number of carbonyl (C=O) groups excluding carboxylic acids is 1. The summed E-state index contributed by atoms with van der Waals surface area (Å²) in [6.45, 7) is 3.01. The first-order valence-electron chi connectivity index (χ1n) is 11.2. The van der Waals surface area contributed by atoms with Gasteiger partial charge >= 0.3 is 0 Å². The molecule has 0 radical (unpaired) electrons. The van der Waals surface area contributed by atoms with Gasteiger partial charge in [-0.15, -0.1) is 0 Å². The Labute approximate surface area is 178 Å². The molecule has 0 unspecified atom stereocenters. The van der Waals surface area contributed by atoms with Crippen molar-refractivity contribution < 1.29 is 4.79 Å². The van der Waals surface area contributed by atoms with Crippen molar-refractivity contribution in [3.8, 4) is 0 Å². The maximum Gasteiger partial charge on any atom is 0.253 e. The Balaban J connectivity index is 1.21. The number of hydrogen-bond acceptors (Lipinski definition) is 3. The zero-order valence-electron chi connectivity index (χ0n) is 17.7. The summed E-state index contributed by atoms with van der Waals surface area (Å²) in [6, 6.07) is 17.4. The standard InChI is InChI=1S/C25H30N4O/c1-27(21-13-15-28(16-14-21)22-5-4-6-22)25(30)20-11-9-19(10-12-20)17-29-18-26-23-7-2-3-8-24(23)29/h2-3,7-12,18,21-22H,4-6,13-17H2,1H3. The van der Waals surface area contributed by atoms with E-state index in [1.54, 1.807) is 0 Å². The molecule has 1 saturated heterocycles. The first kappa shape index (κ1) is 19.3. The summed E-state index contributed by atoms with van der Waals surface area (Å²) >= 11 is 0. The lowest BCUT2D eigenvalue weighted by atomic mass is 9.89. The Morgan fingerprint density at radius 1 is 1.03 bits per heavy atom. The average Bonchev–Trinajstić information content (AvgIpc) is 3.15. The number of aromatic nitrogens is 2. The first-order chi connectivity index (χ1) is 14.7. The molecule has 2 heterocycles. The Bertz CT molecular complexity index is 1010. The molecule has 0 N–H and O–H groups in total. The van der Waals surface area contributed by atoms with Gasteiger partial charge in [0.15, 0.2) is 0 Å². The van der Waals surface area contributed by atoms with Crippen molar-refractivity contribution in [1.29, 1.82) is 0 Å². The summed E-state index contributed by atoms with van der Waals surface area (Å²) in [5.74, 6) is 0.136. The number of amides is 1. The van der Waals surface area contributed by atoms with Crippen LogP contribution in [0.25, 0.3) is 11.0 Å². The van der Waals surface area contributed by atoms with Crippen molar-refractivity contribution in [3.63, 3.8) is 0 Å². The third-order valence-electron chi connectivity index (χ3n) is 7.04. The number of carbonyl (C=O) groups is 1. The second kappa shape index (κ2) is 8.23. The van der Waals surface area contributed by atoms with Crippen molar-refractivity contribution in [2.45, 2.75) is 50.7 Å². The van der Waals surface area contributed by atoms with Gasteiger partial charge in [0, 0.05) is 44.3 Å². The fourth-order valence-corrected chi connectivity index (χ4v) is 4.85. The molecule has 1 amide bonds. The molecule has 5 rings (SSSR count). The van der Waals surface area contributed by atoms with Crippen LogP contribution in [0.5, 0.6) is 0 Å². The van der Waals surface area contributed by atoms with Crippen LogP contribution in [0.15, 0.2) is 54.9 Å². The predicted octanol–water partition coefficient (Wildman–Crippen LogP) is 4.17. The van der Waals surface area contributed by atoms with E-state index in [1.807, 2.05) is 48.6 Å². The smallest absolute Gasteiger partial charge is 0.253 e. The van der Waals surface area contributed by atoms with Gasteiger partial charge in [0.1, 0.15) is 0 Å². The normalized spacial score (nSPS) is 18.4. The second-order valence-electron chi connectivity index (χ2n) is 8.83. The van der Waals surface area contributed by atoms with E-state index in [-0.39, 0.29) is 5.91 Å². The fraction of sp³-hybridized carbons (Fsp3) is 0.440. The minimum absolute atomic E-state index is 0.136. The molecule has 5 nitrogen and oxygen atoms in total. The lowest BCUT2D eigenvalue weighted by Crippen LogP contribution is -2.50. The molecule has 1 aliphatic carbocycles. The summed E-state index contributed by atoms with van der Waals surface area (Å²) in [5, 5.41) is 0. The topological polar surface area (TPSA) is 41.4 Å². The number of hydrogen-bond donors (Lipinski definition) is 0.